The maximum atomic E-state index is 12.2. The van der Waals surface area contributed by atoms with E-state index in [9.17, 15) is 4.79 Å². The molecular formula is C23H26BrCl2N3O. The van der Waals surface area contributed by atoms with E-state index in [1.807, 2.05) is 29.3 Å². The van der Waals surface area contributed by atoms with Gasteiger partial charge < -0.3 is 5.32 Å². The van der Waals surface area contributed by atoms with Gasteiger partial charge in [0.2, 0.25) is 5.91 Å². The van der Waals surface area contributed by atoms with Crippen LogP contribution in [0.15, 0.2) is 52.0 Å². The number of hydrogen-bond donors (Lipinski definition) is 1. The Hall–Kier alpha value is -1.56. The first-order valence-corrected chi connectivity index (χ1v) is 11.9. The molecule has 1 N–H and O–H groups in total. The van der Waals surface area contributed by atoms with Gasteiger partial charge in [0.25, 0.3) is 0 Å². The van der Waals surface area contributed by atoms with Gasteiger partial charge in [0.1, 0.15) is 0 Å². The van der Waals surface area contributed by atoms with E-state index >= 15 is 0 Å². The number of amides is 1. The average molecular weight is 511 g/mol. The van der Waals surface area contributed by atoms with Crippen molar-refractivity contribution in [3.8, 4) is 0 Å². The minimum Gasteiger partial charge on any atom is -0.351 e. The van der Waals surface area contributed by atoms with Gasteiger partial charge in [-0.2, -0.15) is 5.10 Å². The van der Waals surface area contributed by atoms with Crippen molar-refractivity contribution in [2.24, 2.45) is 5.10 Å². The number of carbonyl (C=O) groups excluding carboxylic acids is 1. The van der Waals surface area contributed by atoms with E-state index in [0.29, 0.717) is 23.0 Å². The third-order valence-corrected chi connectivity index (χ3v) is 6.20. The number of hydrazone groups is 1. The summed E-state index contributed by atoms with van der Waals surface area (Å²) in [5, 5.41) is 10.9. The summed E-state index contributed by atoms with van der Waals surface area (Å²) in [6, 6.07) is 13.6. The Morgan fingerprint density at radius 1 is 1.17 bits per heavy atom. The fourth-order valence-corrected chi connectivity index (χ4v) is 4.27. The van der Waals surface area contributed by atoms with Crippen LogP contribution in [0.4, 0.5) is 5.69 Å². The molecule has 1 aliphatic heterocycles. The van der Waals surface area contributed by atoms with Gasteiger partial charge in [0.15, 0.2) is 0 Å². The number of carbonyl (C=O) groups is 1. The largest absolute Gasteiger partial charge is 0.351 e. The van der Waals surface area contributed by atoms with Gasteiger partial charge in [0.05, 0.1) is 29.0 Å². The Balaban J connectivity index is 1.73. The van der Waals surface area contributed by atoms with E-state index in [0.717, 1.165) is 40.7 Å². The molecule has 0 spiro atoms. The molecule has 30 heavy (non-hydrogen) atoms. The van der Waals surface area contributed by atoms with Gasteiger partial charge in [-0.15, -0.1) is 0 Å². The number of halogens is 3. The molecule has 7 heteroatoms. The van der Waals surface area contributed by atoms with E-state index in [2.05, 4.69) is 40.3 Å². The Labute approximate surface area is 196 Å². The second-order valence-electron chi connectivity index (χ2n) is 7.47. The number of hydrogen-bond acceptors (Lipinski definition) is 3. The zero-order valence-corrected chi connectivity index (χ0v) is 20.1. The lowest BCUT2D eigenvalue weighted by molar-refractivity contribution is -0.120. The summed E-state index contributed by atoms with van der Waals surface area (Å²) < 4.78 is 1.02. The molecule has 4 nitrogen and oxygen atoms in total. The number of benzene rings is 2. The van der Waals surface area contributed by atoms with Crippen LogP contribution < -0.4 is 10.3 Å². The van der Waals surface area contributed by atoms with E-state index in [1.165, 1.54) is 12.8 Å². The highest BCUT2D eigenvalue weighted by atomic mass is 79.9. The van der Waals surface area contributed by atoms with Crippen molar-refractivity contribution < 1.29 is 4.79 Å². The Morgan fingerprint density at radius 3 is 2.63 bits per heavy atom. The zero-order chi connectivity index (χ0) is 21.5. The molecule has 0 fully saturated rings. The van der Waals surface area contributed by atoms with Crippen LogP contribution in [0.2, 0.25) is 10.0 Å². The van der Waals surface area contributed by atoms with Crippen molar-refractivity contribution in [2.45, 2.75) is 51.5 Å². The van der Waals surface area contributed by atoms with E-state index < -0.39 is 0 Å². The molecular weight excluding hydrogens is 485 g/mol. The number of nitrogens with one attached hydrogen (secondary N) is 1. The van der Waals surface area contributed by atoms with Gasteiger partial charge in [0, 0.05) is 22.3 Å². The molecule has 0 saturated heterocycles. The third-order valence-electron chi connectivity index (χ3n) is 5.13. The Bertz CT molecular complexity index is 902. The minimum absolute atomic E-state index is 0.00762. The molecule has 1 amide bonds. The molecule has 3 rings (SSSR count). The van der Waals surface area contributed by atoms with Crippen molar-refractivity contribution in [1.82, 2.24) is 5.32 Å². The highest BCUT2D eigenvalue weighted by Gasteiger charge is 2.30. The maximum Gasteiger partial charge on any atom is 0.220 e. The number of nitrogens with zero attached hydrogens (tertiary/aromatic N) is 2. The van der Waals surface area contributed by atoms with Crippen LogP contribution in [0.3, 0.4) is 0 Å². The van der Waals surface area contributed by atoms with Gasteiger partial charge in [-0.1, -0.05) is 77.5 Å². The van der Waals surface area contributed by atoms with Crippen molar-refractivity contribution in [3.63, 3.8) is 0 Å². The average Bonchev–Trinajstić information content (AvgIpc) is 3.14. The van der Waals surface area contributed by atoms with Crippen LogP contribution in [-0.2, 0) is 4.79 Å². The standard InChI is InChI=1S/C23H26BrCl2N3O/c1-2-3-4-5-6-23(30)27-15-19-14-22(16-7-9-17(24)10-8-16)29(28-19)21-12-11-18(25)13-20(21)26/h7-13,22H,2-6,14-15H2,1H3,(H,27,30). The molecule has 1 atom stereocenters. The first kappa shape index (κ1) is 23.1. The van der Waals surface area contributed by atoms with E-state index in [-0.39, 0.29) is 11.9 Å². The highest BCUT2D eigenvalue weighted by molar-refractivity contribution is 9.10. The summed E-state index contributed by atoms with van der Waals surface area (Å²) >= 11 is 16.0. The number of rotatable bonds is 9. The maximum absolute atomic E-state index is 12.2. The lowest BCUT2D eigenvalue weighted by Crippen LogP contribution is -2.28. The second-order valence-corrected chi connectivity index (χ2v) is 9.22. The molecule has 160 valence electrons. The highest BCUT2D eigenvalue weighted by Crippen LogP contribution is 2.39. The summed E-state index contributed by atoms with van der Waals surface area (Å²) in [6.07, 6.45) is 5.65. The summed E-state index contributed by atoms with van der Waals surface area (Å²) in [6.45, 7) is 2.61. The lowest BCUT2D eigenvalue weighted by atomic mass is 10.0. The van der Waals surface area contributed by atoms with Crippen molar-refractivity contribution >= 4 is 56.4 Å². The van der Waals surface area contributed by atoms with Crippen molar-refractivity contribution in [1.29, 1.82) is 0 Å². The molecule has 0 radical (unpaired) electrons. The van der Waals surface area contributed by atoms with Gasteiger partial charge in [-0.25, -0.2) is 0 Å². The first-order chi connectivity index (χ1) is 14.5. The van der Waals surface area contributed by atoms with Crippen LogP contribution in [0, 0.1) is 0 Å². The van der Waals surface area contributed by atoms with E-state index in [4.69, 9.17) is 28.3 Å². The monoisotopic (exact) mass is 509 g/mol. The lowest BCUT2D eigenvalue weighted by Gasteiger charge is -2.25. The fourth-order valence-electron chi connectivity index (χ4n) is 3.51. The molecule has 2 aromatic carbocycles. The smallest absolute Gasteiger partial charge is 0.220 e. The predicted octanol–water partition coefficient (Wildman–Crippen LogP) is 7.15. The topological polar surface area (TPSA) is 44.7 Å². The van der Waals surface area contributed by atoms with Gasteiger partial charge >= 0.3 is 0 Å². The Kier molecular flexibility index (Phi) is 8.61. The van der Waals surface area contributed by atoms with Crippen LogP contribution in [-0.4, -0.2) is 18.2 Å². The molecule has 0 aliphatic carbocycles. The summed E-state index contributed by atoms with van der Waals surface area (Å²) in [5.74, 6) is 0.0805. The van der Waals surface area contributed by atoms with Crippen LogP contribution in [0.1, 0.15) is 57.1 Å². The SMILES string of the molecule is CCCCCCC(=O)NCC1=NN(c2ccc(Cl)cc2Cl)C(c2ccc(Br)cc2)C1. The minimum atomic E-state index is 0.00762. The summed E-state index contributed by atoms with van der Waals surface area (Å²) in [5.41, 5.74) is 2.86. The molecule has 1 aliphatic rings. The quantitative estimate of drug-likeness (QED) is 0.364. The molecule has 0 aromatic heterocycles. The first-order valence-electron chi connectivity index (χ1n) is 10.3. The number of anilines is 1. The predicted molar refractivity (Wildman–Crippen MR) is 130 cm³/mol. The number of unbranched alkanes of at least 4 members (excludes halogenated alkanes) is 3. The van der Waals surface area contributed by atoms with Gasteiger partial charge in [-0.3, -0.25) is 9.80 Å². The van der Waals surface area contributed by atoms with E-state index in [1.54, 1.807) is 6.07 Å². The normalized spacial score (nSPS) is 15.9. The van der Waals surface area contributed by atoms with Crippen molar-refractivity contribution in [3.05, 3.63) is 62.5 Å². The van der Waals surface area contributed by atoms with Crippen LogP contribution in [0.5, 0.6) is 0 Å². The third kappa shape index (κ3) is 6.22. The van der Waals surface area contributed by atoms with Crippen LogP contribution in [0.25, 0.3) is 0 Å². The van der Waals surface area contributed by atoms with Gasteiger partial charge in [-0.05, 0) is 42.3 Å². The van der Waals surface area contributed by atoms with Crippen molar-refractivity contribution in [2.75, 3.05) is 11.6 Å². The molecule has 2 aromatic rings. The molecule has 1 heterocycles. The molecule has 1 unspecified atom stereocenters. The Morgan fingerprint density at radius 2 is 1.93 bits per heavy atom. The molecule has 0 bridgehead atoms. The zero-order valence-electron chi connectivity index (χ0n) is 17.0. The second kappa shape index (κ2) is 11.2. The van der Waals surface area contributed by atoms with Crippen LogP contribution >= 0.6 is 39.1 Å². The fraction of sp³-hybridized carbons (Fsp3) is 0.391. The summed E-state index contributed by atoms with van der Waals surface area (Å²) in [4.78, 5) is 12.2. The molecule has 0 saturated carbocycles. The summed E-state index contributed by atoms with van der Waals surface area (Å²) in [7, 11) is 0.